The van der Waals surface area contributed by atoms with Crippen molar-refractivity contribution in [2.45, 2.75) is 13.0 Å². The van der Waals surface area contributed by atoms with Crippen LogP contribution in [0.25, 0.3) is 11.3 Å². The highest BCUT2D eigenvalue weighted by molar-refractivity contribution is 6.02. The number of nitrogens with zero attached hydrogens (tertiary/aromatic N) is 3. The maximum atomic E-state index is 12.1. The minimum atomic E-state index is -0.471. The van der Waals surface area contributed by atoms with Crippen molar-refractivity contribution in [2.24, 2.45) is 5.16 Å². The second kappa shape index (κ2) is 8.52. The lowest BCUT2D eigenvalue weighted by molar-refractivity contribution is -0.384. The number of rotatable bonds is 8. The molecule has 8 heteroatoms. The lowest BCUT2D eigenvalue weighted by Crippen LogP contribution is -1.98. The van der Waals surface area contributed by atoms with Gasteiger partial charge < -0.3 is 9.36 Å². The Morgan fingerprint density at radius 2 is 1.93 bits per heavy atom. The van der Waals surface area contributed by atoms with Crippen LogP contribution in [0, 0.1) is 10.1 Å². The van der Waals surface area contributed by atoms with Gasteiger partial charge in [-0.1, -0.05) is 40.6 Å². The van der Waals surface area contributed by atoms with E-state index in [2.05, 4.69) is 10.3 Å². The summed E-state index contributed by atoms with van der Waals surface area (Å²) in [6.07, 6.45) is 1.34. The van der Waals surface area contributed by atoms with Crippen LogP contribution in [0.1, 0.15) is 22.5 Å². The van der Waals surface area contributed by atoms with Crippen LogP contribution >= 0.6 is 0 Å². The number of oxime groups is 1. The fourth-order valence-electron chi connectivity index (χ4n) is 2.25. The number of Topliss-reactive ketones (excluding diaryl/α,β-unsaturated/α-hetero) is 1. The van der Waals surface area contributed by atoms with Gasteiger partial charge in [0.25, 0.3) is 5.69 Å². The number of nitro benzene ring substituents is 1. The summed E-state index contributed by atoms with van der Waals surface area (Å²) in [6, 6.07) is 16.9. The lowest BCUT2D eigenvalue weighted by atomic mass is 10.1. The highest BCUT2D eigenvalue weighted by Crippen LogP contribution is 2.19. The van der Waals surface area contributed by atoms with Gasteiger partial charge in [0.05, 0.1) is 17.6 Å². The van der Waals surface area contributed by atoms with Crippen molar-refractivity contribution < 1.29 is 19.1 Å². The summed E-state index contributed by atoms with van der Waals surface area (Å²) in [5.41, 5.74) is 2.19. The van der Waals surface area contributed by atoms with Gasteiger partial charge in [-0.3, -0.25) is 14.9 Å². The summed E-state index contributed by atoms with van der Waals surface area (Å²) >= 11 is 0. The largest absolute Gasteiger partial charge is 0.391 e. The van der Waals surface area contributed by atoms with E-state index in [1.54, 1.807) is 18.2 Å². The molecule has 0 spiro atoms. The van der Waals surface area contributed by atoms with Crippen molar-refractivity contribution >= 4 is 17.7 Å². The van der Waals surface area contributed by atoms with Crippen molar-refractivity contribution in [3.63, 3.8) is 0 Å². The van der Waals surface area contributed by atoms with Crippen molar-refractivity contribution in [3.8, 4) is 11.3 Å². The molecular weight excluding hydrogens is 350 g/mol. The predicted octanol–water partition coefficient (Wildman–Crippen LogP) is 4.03. The molecule has 0 aliphatic carbocycles. The Morgan fingerprint density at radius 1 is 1.19 bits per heavy atom. The number of ketones is 1. The number of aromatic nitrogens is 1. The van der Waals surface area contributed by atoms with Crippen molar-refractivity contribution in [3.05, 3.63) is 82.1 Å². The van der Waals surface area contributed by atoms with Crippen molar-refractivity contribution in [1.82, 2.24) is 5.16 Å². The molecule has 0 fully saturated rings. The third-order valence-electron chi connectivity index (χ3n) is 3.66. The maximum Gasteiger partial charge on any atom is 0.269 e. The molecule has 0 bridgehead atoms. The first-order valence-electron chi connectivity index (χ1n) is 8.06. The fraction of sp³-hybridized carbons (Fsp3) is 0.105. The van der Waals surface area contributed by atoms with Crippen LogP contribution in [-0.4, -0.2) is 22.1 Å². The van der Waals surface area contributed by atoms with Gasteiger partial charge in [-0.15, -0.1) is 0 Å². The van der Waals surface area contributed by atoms with Crippen LogP contribution in [0.3, 0.4) is 0 Å². The smallest absolute Gasteiger partial charge is 0.269 e. The zero-order valence-corrected chi connectivity index (χ0v) is 14.1. The van der Waals surface area contributed by atoms with Gasteiger partial charge in [0.15, 0.2) is 0 Å². The van der Waals surface area contributed by atoms with E-state index < -0.39 is 4.92 Å². The molecule has 0 saturated heterocycles. The Kier molecular flexibility index (Phi) is 5.68. The molecule has 3 aromatic rings. The summed E-state index contributed by atoms with van der Waals surface area (Å²) in [5.74, 6) is -0.122. The number of non-ortho nitro benzene ring substituents is 1. The standard InChI is InChI=1S/C19H15N3O5/c23-18(19-12-17(21-27-19)15-4-2-1-3-5-15)10-11-20-26-13-14-6-8-16(9-7-14)22(24)25/h1-9,11-12H,10,13H2/b20-11+. The van der Waals surface area contributed by atoms with E-state index in [1.807, 2.05) is 30.3 Å². The summed E-state index contributed by atoms with van der Waals surface area (Å²) in [4.78, 5) is 27.3. The van der Waals surface area contributed by atoms with Gasteiger partial charge in [-0.25, -0.2) is 0 Å². The van der Waals surface area contributed by atoms with Gasteiger partial charge in [0.1, 0.15) is 12.3 Å². The fourth-order valence-corrected chi connectivity index (χ4v) is 2.25. The highest BCUT2D eigenvalue weighted by Gasteiger charge is 2.13. The second-order valence-corrected chi connectivity index (χ2v) is 5.55. The van der Waals surface area contributed by atoms with E-state index in [0.717, 1.165) is 11.1 Å². The highest BCUT2D eigenvalue weighted by atomic mass is 16.6. The Bertz CT molecular complexity index is 949. The van der Waals surface area contributed by atoms with Crippen LogP contribution in [0.4, 0.5) is 5.69 Å². The van der Waals surface area contributed by atoms with E-state index in [9.17, 15) is 14.9 Å². The van der Waals surface area contributed by atoms with Gasteiger partial charge in [0, 0.05) is 23.8 Å². The summed E-state index contributed by atoms with van der Waals surface area (Å²) < 4.78 is 5.08. The minimum Gasteiger partial charge on any atom is -0.391 e. The quantitative estimate of drug-likeness (QED) is 0.258. The Balaban J connectivity index is 1.47. The molecule has 3 rings (SSSR count). The summed E-state index contributed by atoms with van der Waals surface area (Å²) in [6.45, 7) is 0.142. The van der Waals surface area contributed by atoms with Crippen LogP contribution < -0.4 is 0 Å². The van der Waals surface area contributed by atoms with Crippen molar-refractivity contribution in [1.29, 1.82) is 0 Å². The normalized spacial score (nSPS) is 10.8. The number of carbonyl (C=O) groups excluding carboxylic acids is 1. The van der Waals surface area contributed by atoms with E-state index >= 15 is 0 Å². The number of benzene rings is 2. The van der Waals surface area contributed by atoms with Crippen LogP contribution in [0.15, 0.2) is 70.3 Å². The van der Waals surface area contributed by atoms with Crippen LogP contribution in [0.5, 0.6) is 0 Å². The first kappa shape index (κ1) is 18.0. The SMILES string of the molecule is O=C(C/C=N/OCc1ccc([N+](=O)[O-])cc1)c1cc(-c2ccccc2)no1. The zero-order valence-electron chi connectivity index (χ0n) is 14.1. The molecule has 0 N–H and O–H groups in total. The molecule has 136 valence electrons. The van der Waals surface area contributed by atoms with Crippen LogP contribution in [0.2, 0.25) is 0 Å². The van der Waals surface area contributed by atoms with Gasteiger partial charge >= 0.3 is 0 Å². The molecule has 0 aliphatic heterocycles. The Labute approximate surface area is 154 Å². The molecule has 0 atom stereocenters. The van der Waals surface area contributed by atoms with Crippen LogP contribution in [-0.2, 0) is 11.4 Å². The number of carbonyl (C=O) groups is 1. The molecule has 2 aromatic carbocycles. The van der Waals surface area contributed by atoms with Gasteiger partial charge in [0.2, 0.25) is 11.5 Å². The first-order valence-corrected chi connectivity index (χ1v) is 8.06. The predicted molar refractivity (Wildman–Crippen MR) is 97.3 cm³/mol. The molecule has 0 amide bonds. The molecule has 0 unspecified atom stereocenters. The minimum absolute atomic E-state index is 0.00366. The molecular formula is C19H15N3O5. The molecule has 8 nitrogen and oxygen atoms in total. The van der Waals surface area contributed by atoms with E-state index in [0.29, 0.717) is 5.69 Å². The average molecular weight is 365 g/mol. The monoisotopic (exact) mass is 365 g/mol. The number of hydrogen-bond donors (Lipinski definition) is 0. The van der Waals surface area contributed by atoms with E-state index in [-0.39, 0.29) is 30.3 Å². The molecule has 27 heavy (non-hydrogen) atoms. The lowest BCUT2D eigenvalue weighted by Gasteiger charge is -1.99. The Hall–Kier alpha value is -3.81. The Morgan fingerprint density at radius 3 is 2.63 bits per heavy atom. The summed E-state index contributed by atoms with van der Waals surface area (Å²) in [7, 11) is 0. The molecule has 0 aliphatic rings. The topological polar surface area (TPSA) is 108 Å². The second-order valence-electron chi connectivity index (χ2n) is 5.55. The number of hydrogen-bond acceptors (Lipinski definition) is 7. The number of nitro groups is 1. The third kappa shape index (κ3) is 4.85. The summed E-state index contributed by atoms with van der Waals surface area (Å²) in [5, 5.41) is 18.2. The van der Waals surface area contributed by atoms with Gasteiger partial charge in [-0.05, 0) is 17.7 Å². The zero-order chi connectivity index (χ0) is 19.1. The molecule has 1 heterocycles. The molecule has 1 aromatic heterocycles. The molecule has 0 saturated carbocycles. The van der Waals surface area contributed by atoms with E-state index in [4.69, 9.17) is 9.36 Å². The van der Waals surface area contributed by atoms with E-state index in [1.165, 1.54) is 18.3 Å². The van der Waals surface area contributed by atoms with Crippen molar-refractivity contribution in [2.75, 3.05) is 0 Å². The first-order chi connectivity index (χ1) is 13.1. The molecule has 0 radical (unpaired) electrons. The van der Waals surface area contributed by atoms with Gasteiger partial charge in [-0.2, -0.15) is 0 Å². The third-order valence-corrected chi connectivity index (χ3v) is 3.66. The maximum absolute atomic E-state index is 12.1. The average Bonchev–Trinajstić information content (AvgIpc) is 3.19.